The van der Waals surface area contributed by atoms with Gasteiger partial charge in [0.2, 0.25) is 0 Å². The van der Waals surface area contributed by atoms with Crippen molar-refractivity contribution in [3.05, 3.63) is 70.3 Å². The van der Waals surface area contributed by atoms with Crippen LogP contribution in [0.5, 0.6) is 0 Å². The van der Waals surface area contributed by atoms with Crippen molar-refractivity contribution in [2.24, 2.45) is 10.9 Å². The van der Waals surface area contributed by atoms with Crippen molar-refractivity contribution >= 4 is 29.7 Å². The molecule has 0 heterocycles. The molecule has 2 rings (SSSR count). The first kappa shape index (κ1) is 20.3. The number of hydrogen-bond acceptors (Lipinski definition) is 2. The third-order valence-corrected chi connectivity index (χ3v) is 5.16. The number of hydrogen-bond donors (Lipinski definition) is 0. The second kappa shape index (κ2) is 9.05. The zero-order valence-electron chi connectivity index (χ0n) is 16.3. The monoisotopic (exact) mass is 368 g/mol. The molecule has 0 N–H and O–H groups in total. The Bertz CT molecular complexity index is 795. The van der Waals surface area contributed by atoms with Gasteiger partial charge in [0.05, 0.1) is 5.69 Å². The third kappa shape index (κ3) is 5.22. The van der Waals surface area contributed by atoms with Crippen LogP contribution in [0.15, 0.2) is 48.0 Å². The summed E-state index contributed by atoms with van der Waals surface area (Å²) in [5.41, 5.74) is 6.86. The maximum atomic E-state index is 6.05. The first-order valence-corrected chi connectivity index (χ1v) is 9.42. The Hall–Kier alpha value is -2.06. The van der Waals surface area contributed by atoms with Gasteiger partial charge in [0.15, 0.2) is 0 Å². The van der Waals surface area contributed by atoms with Crippen molar-refractivity contribution in [2.75, 3.05) is 13.6 Å². The fourth-order valence-corrected chi connectivity index (χ4v) is 3.35. The minimum atomic E-state index is 0.605. The molecule has 0 aromatic heterocycles. The Labute approximate surface area is 163 Å². The van der Waals surface area contributed by atoms with Crippen LogP contribution in [0, 0.1) is 19.8 Å². The van der Waals surface area contributed by atoms with Gasteiger partial charge in [-0.3, -0.25) is 4.99 Å². The lowest BCUT2D eigenvalue weighted by molar-refractivity contribution is 0.405. The van der Waals surface area contributed by atoms with Crippen molar-refractivity contribution in [1.29, 1.82) is 0 Å². The molecule has 0 fully saturated rings. The maximum Gasteiger partial charge on any atom is 0.0730 e. The molecule has 3 heteroatoms. The molecule has 0 aliphatic carbocycles. The maximum absolute atomic E-state index is 6.05. The van der Waals surface area contributed by atoms with E-state index < -0.39 is 0 Å². The highest BCUT2D eigenvalue weighted by atomic mass is 35.5. The van der Waals surface area contributed by atoms with E-state index in [0.717, 1.165) is 36.3 Å². The van der Waals surface area contributed by atoms with Gasteiger partial charge in [-0.15, -0.1) is 0 Å². The molecule has 0 bridgehead atoms. The van der Waals surface area contributed by atoms with Crippen LogP contribution in [-0.4, -0.2) is 25.2 Å². The predicted molar refractivity (Wildman–Crippen MR) is 116 cm³/mol. The number of halogens is 1. The van der Waals surface area contributed by atoms with Gasteiger partial charge in [-0.05, 0) is 68.7 Å². The number of nitrogens with zero attached hydrogens (tertiary/aromatic N) is 2. The first-order valence-electron chi connectivity index (χ1n) is 9.04. The summed E-state index contributed by atoms with van der Waals surface area (Å²) < 4.78 is 0. The highest BCUT2D eigenvalue weighted by Crippen LogP contribution is 2.30. The fraction of sp³-hybridized carbons (Fsp3) is 0.348. The smallest absolute Gasteiger partial charge is 0.0730 e. The summed E-state index contributed by atoms with van der Waals surface area (Å²) >= 11 is 6.05. The summed E-state index contributed by atoms with van der Waals surface area (Å²) in [6.45, 7) is 15.5. The molecular formula is C23H29ClN2. The van der Waals surface area contributed by atoms with Crippen LogP contribution in [-0.2, 0) is 6.42 Å². The highest BCUT2D eigenvalue weighted by Gasteiger charge is 2.12. The Morgan fingerprint density at radius 1 is 1.19 bits per heavy atom. The van der Waals surface area contributed by atoms with E-state index in [1.165, 1.54) is 16.7 Å². The van der Waals surface area contributed by atoms with Crippen LogP contribution < -0.4 is 0 Å². The Balaban J connectivity index is 1.96. The highest BCUT2D eigenvalue weighted by molar-refractivity contribution is 6.30. The zero-order valence-corrected chi connectivity index (χ0v) is 17.1. The first-order chi connectivity index (χ1) is 12.3. The second-order valence-electron chi connectivity index (χ2n) is 7.22. The molecule has 138 valence electrons. The third-order valence-electron chi connectivity index (χ3n) is 4.93. The lowest BCUT2D eigenvalue weighted by Crippen LogP contribution is -2.20. The lowest BCUT2D eigenvalue weighted by Gasteiger charge is -2.25. The largest absolute Gasteiger partial charge is 0.375 e. The molecule has 2 aromatic rings. The van der Waals surface area contributed by atoms with E-state index in [4.69, 9.17) is 11.6 Å². The van der Waals surface area contributed by atoms with Crippen LogP contribution in [0.1, 0.15) is 35.6 Å². The van der Waals surface area contributed by atoms with Gasteiger partial charge in [0.25, 0.3) is 0 Å². The molecule has 26 heavy (non-hydrogen) atoms. The number of benzene rings is 2. The van der Waals surface area contributed by atoms with Crippen LogP contribution >= 0.6 is 11.6 Å². The van der Waals surface area contributed by atoms with E-state index in [2.05, 4.69) is 69.2 Å². The van der Waals surface area contributed by atoms with Crippen molar-refractivity contribution in [2.45, 2.75) is 33.6 Å². The lowest BCUT2D eigenvalue weighted by atomic mass is 9.94. The van der Waals surface area contributed by atoms with Crippen molar-refractivity contribution < 1.29 is 0 Å². The summed E-state index contributed by atoms with van der Waals surface area (Å²) in [5.74, 6) is 0.605. The van der Waals surface area contributed by atoms with Gasteiger partial charge in [-0.2, -0.15) is 0 Å². The average molecular weight is 369 g/mol. The molecule has 0 amide bonds. The molecule has 2 nitrogen and oxygen atoms in total. The van der Waals surface area contributed by atoms with Crippen LogP contribution in [0.25, 0.3) is 5.70 Å². The quantitative estimate of drug-likeness (QED) is 0.488. The molecule has 0 aliphatic rings. The Morgan fingerprint density at radius 3 is 2.58 bits per heavy atom. The molecule has 1 atom stereocenters. The fourth-order valence-electron chi connectivity index (χ4n) is 3.19. The molecule has 0 spiro atoms. The number of aliphatic imine (C=N–C) groups is 1. The van der Waals surface area contributed by atoms with E-state index in [1.54, 1.807) is 0 Å². The predicted octanol–water partition coefficient (Wildman–Crippen LogP) is 6.46. The van der Waals surface area contributed by atoms with Gasteiger partial charge >= 0.3 is 0 Å². The number of aryl methyl sites for hydroxylation is 2. The van der Waals surface area contributed by atoms with Crippen LogP contribution in [0.4, 0.5) is 5.69 Å². The normalized spacial score (nSPS) is 11.9. The van der Waals surface area contributed by atoms with Gasteiger partial charge in [-0.1, -0.05) is 48.9 Å². The van der Waals surface area contributed by atoms with E-state index in [-0.39, 0.29) is 0 Å². The van der Waals surface area contributed by atoms with Gasteiger partial charge < -0.3 is 4.90 Å². The standard InChI is InChI=1S/C23H29ClN2/c1-16-7-8-20(18(3)13-16)14-17(2)11-12-26(6)19(4)22-10-9-21(24)15-23(22)25-5/h7-10,13,15,17H,4-5,11-12,14H2,1-3,6H3. The average Bonchev–Trinajstić information content (AvgIpc) is 2.61. The van der Waals surface area contributed by atoms with E-state index >= 15 is 0 Å². The summed E-state index contributed by atoms with van der Waals surface area (Å²) in [5, 5.41) is 0.661. The molecule has 2 aromatic carbocycles. The van der Waals surface area contributed by atoms with E-state index in [9.17, 15) is 0 Å². The van der Waals surface area contributed by atoms with E-state index in [1.807, 2.05) is 18.2 Å². The van der Waals surface area contributed by atoms with Gasteiger partial charge in [-0.25, -0.2) is 0 Å². The topological polar surface area (TPSA) is 15.6 Å². The molecule has 1 unspecified atom stereocenters. The Morgan fingerprint density at radius 2 is 1.92 bits per heavy atom. The molecular weight excluding hydrogens is 340 g/mol. The summed E-state index contributed by atoms with van der Waals surface area (Å²) in [6.07, 6.45) is 2.21. The Kier molecular flexibility index (Phi) is 7.05. The van der Waals surface area contributed by atoms with Crippen molar-refractivity contribution in [1.82, 2.24) is 4.90 Å². The van der Waals surface area contributed by atoms with Gasteiger partial charge in [0, 0.05) is 29.9 Å². The van der Waals surface area contributed by atoms with Gasteiger partial charge in [0.1, 0.15) is 0 Å². The summed E-state index contributed by atoms with van der Waals surface area (Å²) in [7, 11) is 2.08. The SMILES string of the molecule is C=Nc1cc(Cl)ccc1C(=C)N(C)CCC(C)Cc1ccc(C)cc1C. The van der Waals surface area contributed by atoms with Crippen molar-refractivity contribution in [3.63, 3.8) is 0 Å². The molecule has 0 saturated heterocycles. The molecule has 0 aliphatic heterocycles. The summed E-state index contributed by atoms with van der Waals surface area (Å²) in [6, 6.07) is 12.4. The van der Waals surface area contributed by atoms with E-state index in [0.29, 0.717) is 10.9 Å². The number of rotatable bonds is 8. The van der Waals surface area contributed by atoms with Crippen LogP contribution in [0.3, 0.4) is 0 Å². The minimum absolute atomic E-state index is 0.605. The van der Waals surface area contributed by atoms with Crippen molar-refractivity contribution in [3.8, 4) is 0 Å². The summed E-state index contributed by atoms with van der Waals surface area (Å²) in [4.78, 5) is 6.27. The van der Waals surface area contributed by atoms with Crippen LogP contribution in [0.2, 0.25) is 5.02 Å². The minimum Gasteiger partial charge on any atom is -0.375 e. The second-order valence-corrected chi connectivity index (χ2v) is 7.65. The molecule has 0 radical (unpaired) electrons. The zero-order chi connectivity index (χ0) is 19.3. The molecule has 0 saturated carbocycles.